The minimum absolute atomic E-state index is 0.0869. The number of hydrogen-bond acceptors (Lipinski definition) is 3. The minimum Gasteiger partial charge on any atom is -0.389 e. The fourth-order valence-corrected chi connectivity index (χ4v) is 3.03. The molecule has 2 amide bonds. The second-order valence-electron chi connectivity index (χ2n) is 6.94. The Hall–Kier alpha value is -0.810. The summed E-state index contributed by atoms with van der Waals surface area (Å²) < 4.78 is 0. The zero-order valence-electron chi connectivity index (χ0n) is 14.4. The molecule has 0 aliphatic carbocycles. The molecule has 0 unspecified atom stereocenters. The van der Waals surface area contributed by atoms with Crippen LogP contribution in [0.15, 0.2) is 0 Å². The molecule has 124 valence electrons. The molecule has 5 nitrogen and oxygen atoms in total. The molecule has 1 saturated heterocycles. The summed E-state index contributed by atoms with van der Waals surface area (Å²) in [7, 11) is 0. The Morgan fingerprint density at radius 1 is 1.48 bits per heavy atom. The van der Waals surface area contributed by atoms with Gasteiger partial charge in [0.1, 0.15) is 0 Å². The van der Waals surface area contributed by atoms with Crippen molar-refractivity contribution in [3.05, 3.63) is 0 Å². The van der Waals surface area contributed by atoms with Crippen molar-refractivity contribution in [3.8, 4) is 0 Å². The lowest BCUT2D eigenvalue weighted by molar-refractivity contribution is 0.0473. The number of carbonyl (C=O) groups is 1. The van der Waals surface area contributed by atoms with Crippen LogP contribution in [-0.4, -0.2) is 64.8 Å². The molecule has 0 spiro atoms. The maximum atomic E-state index is 12.2. The van der Waals surface area contributed by atoms with Crippen molar-refractivity contribution in [3.63, 3.8) is 0 Å². The van der Waals surface area contributed by atoms with Gasteiger partial charge in [0.05, 0.1) is 12.1 Å². The van der Waals surface area contributed by atoms with E-state index in [0.29, 0.717) is 31.7 Å². The maximum absolute atomic E-state index is 12.2. The van der Waals surface area contributed by atoms with E-state index in [0.717, 1.165) is 6.54 Å². The van der Waals surface area contributed by atoms with E-state index in [9.17, 15) is 9.90 Å². The molecule has 0 radical (unpaired) electrons. The monoisotopic (exact) mass is 299 g/mol. The predicted molar refractivity (Wildman–Crippen MR) is 86.4 cm³/mol. The van der Waals surface area contributed by atoms with Crippen LogP contribution in [0.2, 0.25) is 0 Å². The van der Waals surface area contributed by atoms with Crippen molar-refractivity contribution in [1.29, 1.82) is 0 Å². The van der Waals surface area contributed by atoms with Crippen LogP contribution in [0.25, 0.3) is 0 Å². The highest BCUT2D eigenvalue weighted by Crippen LogP contribution is 2.18. The van der Waals surface area contributed by atoms with Gasteiger partial charge in [-0.05, 0) is 54.0 Å². The number of hydrogen-bond donors (Lipinski definition) is 2. The van der Waals surface area contributed by atoms with Gasteiger partial charge in [-0.1, -0.05) is 6.42 Å². The zero-order chi connectivity index (χ0) is 16.0. The lowest BCUT2D eigenvalue weighted by Gasteiger charge is -2.38. The highest BCUT2D eigenvalue weighted by atomic mass is 16.3. The van der Waals surface area contributed by atoms with E-state index in [1.807, 2.05) is 6.92 Å². The summed E-state index contributed by atoms with van der Waals surface area (Å²) >= 11 is 0. The Balaban J connectivity index is 2.43. The van der Waals surface area contributed by atoms with Gasteiger partial charge in [0.2, 0.25) is 0 Å². The first-order valence-electron chi connectivity index (χ1n) is 8.25. The molecule has 5 heteroatoms. The number of amides is 2. The summed E-state index contributed by atoms with van der Waals surface area (Å²) in [5.41, 5.74) is -0.861. The first-order valence-corrected chi connectivity index (χ1v) is 8.25. The number of carbonyl (C=O) groups excluding carboxylic acids is 1. The van der Waals surface area contributed by atoms with Crippen LogP contribution in [0.5, 0.6) is 0 Å². The molecule has 1 aliphatic rings. The van der Waals surface area contributed by atoms with E-state index in [1.54, 1.807) is 18.7 Å². The molecule has 21 heavy (non-hydrogen) atoms. The van der Waals surface area contributed by atoms with Crippen LogP contribution in [0, 0.1) is 0 Å². The second-order valence-corrected chi connectivity index (χ2v) is 6.94. The molecule has 0 saturated carbocycles. The van der Waals surface area contributed by atoms with Crippen LogP contribution in [0.1, 0.15) is 53.9 Å². The Bertz CT molecular complexity index is 328. The number of likely N-dealkylation sites (tertiary alicyclic amines) is 1. The number of nitrogens with one attached hydrogen (secondary N) is 1. The summed E-state index contributed by atoms with van der Waals surface area (Å²) in [6, 6.07) is 0.866. The zero-order valence-corrected chi connectivity index (χ0v) is 14.4. The van der Waals surface area contributed by atoms with Crippen LogP contribution in [0.4, 0.5) is 4.79 Å². The number of rotatable bonds is 6. The van der Waals surface area contributed by atoms with Crippen molar-refractivity contribution >= 4 is 6.03 Å². The average Bonchev–Trinajstić information content (AvgIpc) is 2.41. The SMILES string of the molecule is CCN(CC(C)(C)O)C(=O)NC[C@H](C)N1CCCC[C@@H]1C. The molecule has 0 aromatic heterocycles. The third-order valence-electron chi connectivity index (χ3n) is 4.22. The van der Waals surface area contributed by atoms with Crippen LogP contribution < -0.4 is 5.32 Å². The number of aliphatic hydroxyl groups is 1. The molecule has 1 rings (SSSR count). The molecule has 0 aromatic rings. The molecular formula is C16H33N3O2. The van der Waals surface area contributed by atoms with Crippen molar-refractivity contribution in [2.24, 2.45) is 0 Å². The fraction of sp³-hybridized carbons (Fsp3) is 0.938. The highest BCUT2D eigenvalue weighted by Gasteiger charge is 2.25. The highest BCUT2D eigenvalue weighted by molar-refractivity contribution is 5.74. The summed E-state index contributed by atoms with van der Waals surface area (Å²) in [6.45, 7) is 12.6. The van der Waals surface area contributed by atoms with Crippen molar-refractivity contribution in [1.82, 2.24) is 15.1 Å². The largest absolute Gasteiger partial charge is 0.389 e. The summed E-state index contributed by atoms with van der Waals surface area (Å²) in [5.74, 6) is 0. The first kappa shape index (κ1) is 18.2. The quantitative estimate of drug-likeness (QED) is 0.789. The molecule has 1 aliphatic heterocycles. The average molecular weight is 299 g/mol. The number of likely N-dealkylation sites (N-methyl/N-ethyl adjacent to an activating group) is 1. The summed E-state index contributed by atoms with van der Waals surface area (Å²) in [4.78, 5) is 16.3. The number of piperidine rings is 1. The van der Waals surface area contributed by atoms with Crippen LogP contribution >= 0.6 is 0 Å². The Morgan fingerprint density at radius 3 is 2.67 bits per heavy atom. The second kappa shape index (κ2) is 7.99. The van der Waals surface area contributed by atoms with Gasteiger partial charge in [-0.2, -0.15) is 0 Å². The molecule has 0 aromatic carbocycles. The van der Waals surface area contributed by atoms with Gasteiger partial charge in [0.25, 0.3) is 0 Å². The standard InChI is InChI=1S/C16H33N3O2/c1-6-18(12-16(4,5)21)15(20)17-11-14(3)19-10-8-7-9-13(19)2/h13-14,21H,6-12H2,1-5H3,(H,17,20)/t13-,14-/m0/s1. The first-order chi connectivity index (χ1) is 9.74. The minimum atomic E-state index is -0.861. The van der Waals surface area contributed by atoms with Crippen LogP contribution in [-0.2, 0) is 0 Å². The Labute approximate surface area is 129 Å². The van der Waals surface area contributed by atoms with Crippen molar-refractivity contribution in [2.75, 3.05) is 26.2 Å². The van der Waals surface area contributed by atoms with E-state index in [1.165, 1.54) is 19.3 Å². The third kappa shape index (κ3) is 6.22. The predicted octanol–water partition coefficient (Wildman–Crippen LogP) is 2.05. The summed E-state index contributed by atoms with van der Waals surface area (Å²) in [5, 5.41) is 12.9. The molecule has 1 heterocycles. The van der Waals surface area contributed by atoms with Gasteiger partial charge in [-0.25, -0.2) is 4.79 Å². The lowest BCUT2D eigenvalue weighted by Crippen LogP contribution is -2.52. The smallest absolute Gasteiger partial charge is 0.317 e. The van der Waals surface area contributed by atoms with E-state index >= 15 is 0 Å². The fourth-order valence-electron chi connectivity index (χ4n) is 3.03. The molecule has 1 fully saturated rings. The lowest BCUT2D eigenvalue weighted by atomic mass is 10.0. The third-order valence-corrected chi connectivity index (χ3v) is 4.22. The topological polar surface area (TPSA) is 55.8 Å². The molecule has 2 N–H and O–H groups in total. The van der Waals surface area contributed by atoms with Gasteiger partial charge in [-0.3, -0.25) is 4.90 Å². The molecule has 2 atom stereocenters. The van der Waals surface area contributed by atoms with E-state index in [2.05, 4.69) is 24.1 Å². The molecule has 0 bridgehead atoms. The normalized spacial score (nSPS) is 21.9. The van der Waals surface area contributed by atoms with Crippen molar-refractivity contribution in [2.45, 2.75) is 71.6 Å². The van der Waals surface area contributed by atoms with Gasteiger partial charge >= 0.3 is 6.03 Å². The number of urea groups is 1. The number of nitrogens with zero attached hydrogens (tertiary/aromatic N) is 2. The Morgan fingerprint density at radius 2 is 2.14 bits per heavy atom. The van der Waals surface area contributed by atoms with E-state index in [4.69, 9.17) is 0 Å². The van der Waals surface area contributed by atoms with E-state index in [-0.39, 0.29) is 6.03 Å². The van der Waals surface area contributed by atoms with E-state index < -0.39 is 5.60 Å². The van der Waals surface area contributed by atoms with Crippen LogP contribution in [0.3, 0.4) is 0 Å². The van der Waals surface area contributed by atoms with Gasteiger partial charge < -0.3 is 15.3 Å². The molecular weight excluding hydrogens is 266 g/mol. The van der Waals surface area contributed by atoms with Gasteiger partial charge in [0, 0.05) is 25.2 Å². The maximum Gasteiger partial charge on any atom is 0.317 e. The summed E-state index contributed by atoms with van der Waals surface area (Å²) in [6.07, 6.45) is 3.81. The van der Waals surface area contributed by atoms with Gasteiger partial charge in [0.15, 0.2) is 0 Å². The Kier molecular flexibility index (Phi) is 6.94. The van der Waals surface area contributed by atoms with Gasteiger partial charge in [-0.15, -0.1) is 0 Å². The van der Waals surface area contributed by atoms with Crippen molar-refractivity contribution < 1.29 is 9.90 Å².